The average molecular weight is 438 g/mol. The Kier molecular flexibility index (Phi) is 7.60. The number of methoxy groups -OCH3 is 1. The van der Waals surface area contributed by atoms with E-state index in [9.17, 15) is 9.59 Å². The zero-order chi connectivity index (χ0) is 23.3. The number of anilines is 1. The van der Waals surface area contributed by atoms with Crippen molar-refractivity contribution in [2.75, 3.05) is 12.4 Å². The lowest BCUT2D eigenvalue weighted by atomic mass is 9.68. The number of rotatable bonds is 6. The third kappa shape index (κ3) is 6.35. The maximum absolute atomic E-state index is 12.6. The lowest BCUT2D eigenvalue weighted by molar-refractivity contribution is -0.132. The normalized spacial score (nSPS) is 18.7. The van der Waals surface area contributed by atoms with Crippen molar-refractivity contribution in [1.29, 1.82) is 0 Å². The minimum atomic E-state index is -0.416. The molecule has 1 saturated carbocycles. The smallest absolute Gasteiger partial charge is 0.308 e. The molecule has 0 heterocycles. The van der Waals surface area contributed by atoms with Gasteiger partial charge in [-0.15, -0.1) is 0 Å². The van der Waals surface area contributed by atoms with Crippen molar-refractivity contribution in [3.8, 4) is 11.5 Å². The molecular weight excluding hydrogens is 402 g/mol. The molecule has 1 aliphatic rings. The van der Waals surface area contributed by atoms with Crippen molar-refractivity contribution in [1.82, 2.24) is 0 Å². The highest BCUT2D eigenvalue weighted by Gasteiger charge is 2.30. The van der Waals surface area contributed by atoms with Gasteiger partial charge in [-0.25, -0.2) is 0 Å². The zero-order valence-electron chi connectivity index (χ0n) is 19.9. The van der Waals surface area contributed by atoms with E-state index in [2.05, 4.69) is 38.2 Å². The molecular formula is C27H35NO4. The fourth-order valence-corrected chi connectivity index (χ4v) is 4.61. The molecule has 0 unspecified atom stereocenters. The Balaban J connectivity index is 1.61. The molecule has 172 valence electrons. The molecule has 1 fully saturated rings. The Morgan fingerprint density at radius 3 is 2.34 bits per heavy atom. The number of benzene rings is 2. The van der Waals surface area contributed by atoms with Crippen LogP contribution in [0.4, 0.5) is 5.69 Å². The van der Waals surface area contributed by atoms with E-state index in [4.69, 9.17) is 9.47 Å². The summed E-state index contributed by atoms with van der Waals surface area (Å²) in [5.74, 6) is 1.60. The molecule has 1 amide bonds. The topological polar surface area (TPSA) is 64.6 Å². The van der Waals surface area contributed by atoms with Crippen LogP contribution in [0.5, 0.6) is 11.5 Å². The van der Waals surface area contributed by atoms with Gasteiger partial charge in [0.05, 0.1) is 13.5 Å². The first kappa shape index (κ1) is 23.8. The summed E-state index contributed by atoms with van der Waals surface area (Å²) in [5, 5.41) is 3.02. The quantitative estimate of drug-likeness (QED) is 0.437. The Morgan fingerprint density at radius 2 is 1.72 bits per heavy atom. The minimum absolute atomic E-state index is 0.0964. The highest BCUT2D eigenvalue weighted by Crippen LogP contribution is 2.43. The minimum Gasteiger partial charge on any atom is -0.493 e. The molecule has 3 rings (SSSR count). The molecule has 2 aromatic rings. The number of amides is 1. The third-order valence-electron chi connectivity index (χ3n) is 6.44. The van der Waals surface area contributed by atoms with Crippen molar-refractivity contribution >= 4 is 17.6 Å². The van der Waals surface area contributed by atoms with Crippen LogP contribution in [0.1, 0.15) is 70.4 Å². The first-order valence-electron chi connectivity index (χ1n) is 11.4. The number of esters is 1. The fraction of sp³-hybridized carbons (Fsp3) is 0.481. The van der Waals surface area contributed by atoms with Crippen LogP contribution in [0.25, 0.3) is 0 Å². The van der Waals surface area contributed by atoms with Gasteiger partial charge in [-0.05, 0) is 78.3 Å². The average Bonchev–Trinajstić information content (AvgIpc) is 2.74. The van der Waals surface area contributed by atoms with E-state index in [1.54, 1.807) is 18.2 Å². The summed E-state index contributed by atoms with van der Waals surface area (Å²) in [4.78, 5) is 23.9. The van der Waals surface area contributed by atoms with Gasteiger partial charge in [0, 0.05) is 12.6 Å². The summed E-state index contributed by atoms with van der Waals surface area (Å²) in [6.07, 6.45) is 5.13. The largest absolute Gasteiger partial charge is 0.493 e. The van der Waals surface area contributed by atoms with Crippen LogP contribution in [0.15, 0.2) is 42.5 Å². The molecule has 2 aromatic carbocycles. The Morgan fingerprint density at radius 1 is 1.00 bits per heavy atom. The Labute approximate surface area is 191 Å². The van der Waals surface area contributed by atoms with Gasteiger partial charge in [-0.2, -0.15) is 0 Å². The lowest BCUT2D eigenvalue weighted by Gasteiger charge is -2.37. The predicted molar refractivity (Wildman–Crippen MR) is 127 cm³/mol. The molecule has 5 heteroatoms. The Hall–Kier alpha value is -2.82. The summed E-state index contributed by atoms with van der Waals surface area (Å²) in [5.41, 5.74) is 3.29. The SMILES string of the molecule is COc1cc(CC(=O)Nc2cccc(C3CCC(C(C)(C)C)CC3)c2)ccc1OC(C)=O. The van der Waals surface area contributed by atoms with E-state index in [0.29, 0.717) is 22.8 Å². The van der Waals surface area contributed by atoms with Crippen LogP contribution in [0, 0.1) is 11.3 Å². The van der Waals surface area contributed by atoms with Crippen molar-refractivity contribution in [2.45, 2.75) is 65.7 Å². The second-order valence-electron chi connectivity index (χ2n) is 9.84. The molecule has 0 spiro atoms. The fourth-order valence-electron chi connectivity index (χ4n) is 4.61. The highest BCUT2D eigenvalue weighted by molar-refractivity contribution is 5.92. The number of carbonyl (C=O) groups is 2. The molecule has 0 aliphatic heterocycles. The van der Waals surface area contributed by atoms with E-state index in [0.717, 1.165) is 17.2 Å². The van der Waals surface area contributed by atoms with E-state index >= 15 is 0 Å². The summed E-state index contributed by atoms with van der Waals surface area (Å²) < 4.78 is 10.4. The number of hydrogen-bond acceptors (Lipinski definition) is 4. The third-order valence-corrected chi connectivity index (χ3v) is 6.44. The molecule has 0 saturated heterocycles. The van der Waals surface area contributed by atoms with Gasteiger partial charge in [0.1, 0.15) is 0 Å². The molecule has 0 bridgehead atoms. The standard InChI is InChI=1S/C27H35NO4/c1-18(29)32-24-14-9-19(15-25(24)31-5)16-26(30)28-23-8-6-7-21(17-23)20-10-12-22(13-11-20)27(2,3)4/h6-9,14-15,17,20,22H,10-13,16H2,1-5H3,(H,28,30). The van der Waals surface area contributed by atoms with Gasteiger partial charge < -0.3 is 14.8 Å². The second kappa shape index (κ2) is 10.2. The van der Waals surface area contributed by atoms with Crippen LogP contribution in [0.2, 0.25) is 0 Å². The van der Waals surface area contributed by atoms with Crippen molar-refractivity contribution < 1.29 is 19.1 Å². The van der Waals surface area contributed by atoms with Crippen LogP contribution in [0.3, 0.4) is 0 Å². The maximum atomic E-state index is 12.6. The highest BCUT2D eigenvalue weighted by atomic mass is 16.6. The first-order valence-corrected chi connectivity index (χ1v) is 11.4. The van der Waals surface area contributed by atoms with Crippen molar-refractivity contribution in [2.24, 2.45) is 11.3 Å². The van der Waals surface area contributed by atoms with Gasteiger partial charge in [-0.3, -0.25) is 9.59 Å². The van der Waals surface area contributed by atoms with Gasteiger partial charge in [-0.1, -0.05) is 39.0 Å². The zero-order valence-corrected chi connectivity index (χ0v) is 19.9. The lowest BCUT2D eigenvalue weighted by Crippen LogP contribution is -2.25. The first-order chi connectivity index (χ1) is 15.2. The monoisotopic (exact) mass is 437 g/mol. The van der Waals surface area contributed by atoms with E-state index in [-0.39, 0.29) is 12.3 Å². The van der Waals surface area contributed by atoms with Crippen molar-refractivity contribution in [3.63, 3.8) is 0 Å². The van der Waals surface area contributed by atoms with Gasteiger partial charge >= 0.3 is 5.97 Å². The van der Waals surface area contributed by atoms with Crippen LogP contribution in [-0.4, -0.2) is 19.0 Å². The van der Waals surface area contributed by atoms with Crippen LogP contribution in [-0.2, 0) is 16.0 Å². The van der Waals surface area contributed by atoms with Crippen LogP contribution >= 0.6 is 0 Å². The summed E-state index contributed by atoms with van der Waals surface area (Å²) in [6, 6.07) is 13.4. The Bertz CT molecular complexity index is 952. The molecule has 0 atom stereocenters. The van der Waals surface area contributed by atoms with Crippen LogP contribution < -0.4 is 14.8 Å². The summed E-state index contributed by atoms with van der Waals surface area (Å²) in [6.45, 7) is 8.36. The number of carbonyl (C=O) groups excluding carboxylic acids is 2. The summed E-state index contributed by atoms with van der Waals surface area (Å²) in [7, 11) is 1.51. The number of hydrogen-bond donors (Lipinski definition) is 1. The van der Waals surface area contributed by atoms with E-state index in [1.165, 1.54) is 45.3 Å². The van der Waals surface area contributed by atoms with Gasteiger partial charge in [0.2, 0.25) is 5.91 Å². The molecule has 1 aliphatic carbocycles. The molecule has 32 heavy (non-hydrogen) atoms. The van der Waals surface area contributed by atoms with Gasteiger partial charge in [0.15, 0.2) is 11.5 Å². The predicted octanol–water partition coefficient (Wildman–Crippen LogP) is 6.12. The second-order valence-corrected chi connectivity index (χ2v) is 9.84. The van der Waals surface area contributed by atoms with E-state index < -0.39 is 5.97 Å². The number of nitrogens with one attached hydrogen (secondary N) is 1. The maximum Gasteiger partial charge on any atom is 0.308 e. The summed E-state index contributed by atoms with van der Waals surface area (Å²) >= 11 is 0. The van der Waals surface area contributed by atoms with Crippen molar-refractivity contribution in [3.05, 3.63) is 53.6 Å². The molecule has 0 radical (unpaired) electrons. The van der Waals surface area contributed by atoms with E-state index in [1.807, 2.05) is 12.1 Å². The molecule has 5 nitrogen and oxygen atoms in total. The molecule has 1 N–H and O–H groups in total. The number of ether oxygens (including phenoxy) is 2. The molecule has 0 aromatic heterocycles. The van der Waals surface area contributed by atoms with Gasteiger partial charge in [0.25, 0.3) is 0 Å².